The lowest BCUT2D eigenvalue weighted by Crippen LogP contribution is -2.21. The number of halogens is 6. The maximum absolute atomic E-state index is 13.5. The number of fused-ring (bicyclic) bond motifs is 2. The van der Waals surface area contributed by atoms with Gasteiger partial charge >= 0.3 is 0 Å². The summed E-state index contributed by atoms with van der Waals surface area (Å²) in [7, 11) is 0. The van der Waals surface area contributed by atoms with Gasteiger partial charge in [0.15, 0.2) is 11.6 Å². The Bertz CT molecular complexity index is 4380. The second kappa shape index (κ2) is 47.9. The quantitative estimate of drug-likeness (QED) is 0.0998. The van der Waals surface area contributed by atoms with Crippen LogP contribution in [0.5, 0.6) is 0 Å². The number of ether oxygens (including phenoxy) is 1. The molecule has 0 aromatic heterocycles. The van der Waals surface area contributed by atoms with Gasteiger partial charge in [-0.05, 0) is 199 Å². The first-order chi connectivity index (χ1) is 51.3. The van der Waals surface area contributed by atoms with E-state index in [1.54, 1.807) is 75.4 Å². The number of nitro groups is 2. The van der Waals surface area contributed by atoms with Crippen LogP contribution in [0.3, 0.4) is 0 Å². The number of nitrogens with zero attached hydrogens (tertiary/aromatic N) is 2. The molecule has 13 heteroatoms. The van der Waals surface area contributed by atoms with Gasteiger partial charge in [-0.15, -0.1) is 0 Å². The van der Waals surface area contributed by atoms with Crippen LogP contribution in [0.1, 0.15) is 133 Å². The summed E-state index contributed by atoms with van der Waals surface area (Å²) in [6.45, 7) is 32.1. The number of benzene rings is 12. The molecule has 0 amide bonds. The molecule has 0 radical (unpaired) electrons. The fourth-order valence-electron chi connectivity index (χ4n) is 10.7. The number of nitro benzene ring substituents is 2. The second-order valence-corrected chi connectivity index (χ2v) is 28.0. The lowest BCUT2D eigenvalue weighted by Gasteiger charge is -2.23. The Morgan fingerprint density at radius 1 is 0.306 bits per heavy atom. The summed E-state index contributed by atoms with van der Waals surface area (Å²) in [5.74, 6) is 0.200. The first-order valence-electron chi connectivity index (χ1n) is 36.6. The van der Waals surface area contributed by atoms with E-state index < -0.39 is 33.1 Å². The normalized spacial score (nSPS) is 14.2. The summed E-state index contributed by atoms with van der Waals surface area (Å²) in [6.07, 6.45) is 9.01. The topological polar surface area (TPSA) is 95.5 Å². The Balaban J connectivity index is 0.000000252. The van der Waals surface area contributed by atoms with Gasteiger partial charge in [0.25, 0.3) is 11.4 Å². The van der Waals surface area contributed by atoms with Crippen LogP contribution in [0, 0.1) is 156 Å². The van der Waals surface area contributed by atoms with Gasteiger partial charge in [-0.1, -0.05) is 287 Å². The summed E-state index contributed by atoms with van der Waals surface area (Å²) >= 11 is 0. The molecule has 12 aromatic carbocycles. The van der Waals surface area contributed by atoms with Crippen molar-refractivity contribution in [3.8, 4) is 11.1 Å². The van der Waals surface area contributed by atoms with E-state index >= 15 is 0 Å². The molecule has 0 spiro atoms. The molecule has 0 bridgehead atoms. The van der Waals surface area contributed by atoms with Gasteiger partial charge in [0, 0.05) is 41.8 Å². The zero-order valence-corrected chi connectivity index (χ0v) is 65.7. The summed E-state index contributed by atoms with van der Waals surface area (Å²) in [6, 6.07) is 78.8. The molecule has 2 aliphatic rings. The molecule has 108 heavy (non-hydrogen) atoms. The lowest BCUT2D eigenvalue weighted by molar-refractivity contribution is -0.385. The monoisotopic (exact) mass is 1470 g/mol. The SMILES string of the molecule is CC1CCC(C)CC1.CC1CCC(C)OC1.Cc1cc(F)c(C)c(F)c1.Cc1ccc(C)c(F)c1.Cc1ccc(C)c(F)c1F.Cc1ccc(C)cc1.Cc1ccc2c(F)c(C)ccc2c1.Cc1ccc2cc(C)ccc2c1.O=[N+]([O-])c1ccccc1.O=[N+]([O-])c1ccccc1.c1ccc(-c2ccccc2)cc1. The third kappa shape index (κ3) is 34.4. The zero-order chi connectivity index (χ0) is 79.8. The molecule has 1 heterocycles. The molecule has 1 saturated carbocycles. The van der Waals surface area contributed by atoms with E-state index in [4.69, 9.17) is 4.74 Å². The molecular weight excluding hydrogens is 1360 g/mol. The zero-order valence-electron chi connectivity index (χ0n) is 65.7. The number of para-hydroxylation sites is 2. The lowest BCUT2D eigenvalue weighted by atomic mass is 9.84. The van der Waals surface area contributed by atoms with Crippen molar-refractivity contribution in [2.75, 3.05) is 6.61 Å². The predicted octanol–water partition coefficient (Wildman–Crippen LogP) is 28.2. The molecule has 7 nitrogen and oxygen atoms in total. The molecule has 0 N–H and O–H groups in total. The highest BCUT2D eigenvalue weighted by Gasteiger charge is 2.15. The van der Waals surface area contributed by atoms with E-state index in [0.717, 1.165) is 40.9 Å². The molecule has 1 aliphatic carbocycles. The Morgan fingerprint density at radius 2 is 0.611 bits per heavy atom. The van der Waals surface area contributed by atoms with E-state index in [0.29, 0.717) is 39.3 Å². The first-order valence-corrected chi connectivity index (χ1v) is 36.6. The molecule has 2 atom stereocenters. The van der Waals surface area contributed by atoms with Gasteiger partial charge in [-0.25, -0.2) is 26.3 Å². The van der Waals surface area contributed by atoms with Crippen molar-refractivity contribution in [3.63, 3.8) is 0 Å². The summed E-state index contributed by atoms with van der Waals surface area (Å²) in [4.78, 5) is 19.2. The number of aryl methyl sites for hydroxylation is 11. The summed E-state index contributed by atoms with van der Waals surface area (Å²) in [5.41, 5.74) is 13.1. The molecule has 2 fully saturated rings. The average molecular weight is 1470 g/mol. The van der Waals surface area contributed by atoms with Crippen molar-refractivity contribution >= 4 is 32.9 Å². The van der Waals surface area contributed by atoms with Gasteiger partial charge in [0.05, 0.1) is 16.0 Å². The molecule has 570 valence electrons. The molecule has 2 unspecified atom stereocenters. The fraction of sp³-hybridized carbons (Fsp3) is 0.284. The Morgan fingerprint density at radius 3 is 0.963 bits per heavy atom. The van der Waals surface area contributed by atoms with Gasteiger partial charge in [0.2, 0.25) is 0 Å². The number of hydrogen-bond acceptors (Lipinski definition) is 5. The van der Waals surface area contributed by atoms with Crippen molar-refractivity contribution in [3.05, 3.63) is 377 Å². The van der Waals surface area contributed by atoms with Gasteiger partial charge < -0.3 is 4.74 Å². The number of rotatable bonds is 3. The van der Waals surface area contributed by atoms with Crippen LogP contribution < -0.4 is 0 Å². The Kier molecular flexibility index (Phi) is 39.9. The van der Waals surface area contributed by atoms with Crippen molar-refractivity contribution in [2.45, 2.75) is 155 Å². The summed E-state index contributed by atoms with van der Waals surface area (Å²) < 4.78 is 81.9. The highest BCUT2D eigenvalue weighted by atomic mass is 19.2. The van der Waals surface area contributed by atoms with Crippen LogP contribution in [-0.2, 0) is 4.74 Å². The van der Waals surface area contributed by atoms with Crippen LogP contribution in [-0.4, -0.2) is 22.6 Å². The predicted molar refractivity (Wildman–Crippen MR) is 439 cm³/mol. The third-order valence-corrected chi connectivity index (χ3v) is 17.7. The molecular formula is C95H108F6N2O5. The van der Waals surface area contributed by atoms with Crippen molar-refractivity contribution in [2.24, 2.45) is 17.8 Å². The largest absolute Gasteiger partial charge is 0.378 e. The second-order valence-electron chi connectivity index (χ2n) is 28.0. The molecule has 1 saturated heterocycles. The summed E-state index contributed by atoms with van der Waals surface area (Å²) in [5, 5.41) is 24.4. The standard InChI is InChI=1S/C12H11F.C12H12.C12H10.2C8H8F2.C8H9F.C8H16.C8H10.C7H14O.2C6H5NO2/c1-8-3-6-11-10(7-8)5-4-9(2)12(11)13;1-9-3-5-12-8-10(2)4-6-11(12)7-9;1-3-7-11(8-4-1)12-9-5-2-6-10-12;1-5-3-7(9)6(2)8(10)4-5;1-5-3-4-6(2)8(10)7(5)9;1-6-3-4-7(2)8(9)5-6;2*1-7-3-5-8(2)6-4-7;1-6-3-4-7(2)8-5-6;2*8-7(9)6-4-2-1-3-5-6/h3-7H,1-2H3;3-8H,1-2H3;1-10H;2*3-4H,1-2H3;3-5H,1-2H3;7-8H,3-6H2,1-2H3;3-6H,1-2H3;6-7H,3-5H2,1-2H3;2*1-5H. The van der Waals surface area contributed by atoms with Crippen molar-refractivity contribution in [1.82, 2.24) is 0 Å². The van der Waals surface area contributed by atoms with Crippen LogP contribution >= 0.6 is 0 Å². The Labute approximate surface area is 638 Å². The minimum Gasteiger partial charge on any atom is -0.378 e. The van der Waals surface area contributed by atoms with E-state index in [-0.39, 0.29) is 28.6 Å². The minimum absolute atomic E-state index is 0.0885. The van der Waals surface area contributed by atoms with Crippen LogP contribution in [0.15, 0.2) is 255 Å². The van der Waals surface area contributed by atoms with Gasteiger partial charge in [-0.2, -0.15) is 0 Å². The van der Waals surface area contributed by atoms with Gasteiger partial charge in [-0.3, -0.25) is 20.2 Å². The van der Waals surface area contributed by atoms with Crippen LogP contribution in [0.25, 0.3) is 32.7 Å². The number of hydrogen-bond donors (Lipinski definition) is 0. The fourth-order valence-corrected chi connectivity index (χ4v) is 10.7. The number of non-ortho nitro benzene ring substituents is 2. The molecule has 1 aliphatic heterocycles. The van der Waals surface area contributed by atoms with E-state index in [9.17, 15) is 46.6 Å². The van der Waals surface area contributed by atoms with Crippen molar-refractivity contribution < 1.29 is 40.9 Å². The maximum Gasteiger partial charge on any atom is 0.269 e. The smallest absolute Gasteiger partial charge is 0.269 e. The van der Waals surface area contributed by atoms with Crippen LogP contribution in [0.2, 0.25) is 0 Å². The van der Waals surface area contributed by atoms with E-state index in [1.165, 1.54) is 146 Å². The first kappa shape index (κ1) is 89.9. The highest BCUT2D eigenvalue weighted by molar-refractivity contribution is 5.85. The highest BCUT2D eigenvalue weighted by Crippen LogP contribution is 2.28. The molecule has 14 rings (SSSR count). The Hall–Kier alpha value is -10.5. The van der Waals surface area contributed by atoms with Crippen LogP contribution in [0.4, 0.5) is 37.7 Å². The average Bonchev–Trinajstić information content (AvgIpc) is 0.817. The van der Waals surface area contributed by atoms with E-state index in [1.807, 2.05) is 62.4 Å². The van der Waals surface area contributed by atoms with E-state index in [2.05, 4.69) is 165 Å². The minimum atomic E-state index is -0.736. The maximum atomic E-state index is 13.5. The molecule has 12 aromatic rings. The van der Waals surface area contributed by atoms with Gasteiger partial charge in [0.1, 0.15) is 23.3 Å². The van der Waals surface area contributed by atoms with Crippen molar-refractivity contribution in [1.29, 1.82) is 0 Å². The third-order valence-electron chi connectivity index (χ3n) is 17.7.